The molecule has 2 aliphatic carbocycles. The van der Waals surface area contributed by atoms with Crippen LogP contribution in [-0.2, 0) is 0 Å². The Morgan fingerprint density at radius 1 is 1.16 bits per heavy atom. The molecule has 0 bridgehead atoms. The Hall–Kier alpha value is -0.530. The van der Waals surface area contributed by atoms with Gasteiger partial charge < -0.3 is 5.21 Å². The van der Waals surface area contributed by atoms with Gasteiger partial charge in [0.1, 0.15) is 0 Å². The highest BCUT2D eigenvalue weighted by molar-refractivity contribution is 5.87. The summed E-state index contributed by atoms with van der Waals surface area (Å²) in [5.41, 5.74) is 1.10. The minimum Gasteiger partial charge on any atom is -0.411 e. The summed E-state index contributed by atoms with van der Waals surface area (Å²) in [5.74, 6) is 4.00. The van der Waals surface area contributed by atoms with Gasteiger partial charge in [-0.3, -0.25) is 0 Å². The van der Waals surface area contributed by atoms with Crippen molar-refractivity contribution in [1.29, 1.82) is 0 Å². The lowest BCUT2D eigenvalue weighted by Crippen LogP contribution is -2.29. The highest BCUT2D eigenvalue weighted by atomic mass is 16.4. The monoisotopic (exact) mass is 265 g/mol. The van der Waals surface area contributed by atoms with Gasteiger partial charge in [0.25, 0.3) is 0 Å². The molecule has 4 atom stereocenters. The minimum absolute atomic E-state index is 0.608. The maximum Gasteiger partial charge on any atom is 0.0604 e. The van der Waals surface area contributed by atoms with E-state index in [2.05, 4.69) is 25.9 Å². The molecule has 0 aromatic rings. The van der Waals surface area contributed by atoms with E-state index in [1.807, 2.05) is 0 Å². The fraction of sp³-hybridized carbons (Fsp3) is 0.941. The number of fused-ring (bicyclic) bond motifs is 1. The van der Waals surface area contributed by atoms with Gasteiger partial charge in [0.15, 0.2) is 0 Å². The van der Waals surface area contributed by atoms with Crippen LogP contribution in [0.15, 0.2) is 5.16 Å². The molecule has 0 aliphatic heterocycles. The van der Waals surface area contributed by atoms with Crippen LogP contribution in [0, 0.1) is 29.6 Å². The summed E-state index contributed by atoms with van der Waals surface area (Å²) in [5, 5.41) is 12.7. The van der Waals surface area contributed by atoms with Crippen molar-refractivity contribution in [3.05, 3.63) is 0 Å². The van der Waals surface area contributed by atoms with Gasteiger partial charge in [-0.05, 0) is 55.8 Å². The van der Waals surface area contributed by atoms with E-state index in [4.69, 9.17) is 5.21 Å². The van der Waals surface area contributed by atoms with E-state index >= 15 is 0 Å². The zero-order valence-corrected chi connectivity index (χ0v) is 12.9. The molecule has 0 saturated heterocycles. The smallest absolute Gasteiger partial charge is 0.0604 e. The van der Waals surface area contributed by atoms with Gasteiger partial charge in [-0.25, -0.2) is 0 Å². The summed E-state index contributed by atoms with van der Waals surface area (Å²) in [7, 11) is 0. The molecule has 1 N–H and O–H groups in total. The normalized spacial score (nSPS) is 34.7. The third-order valence-electron chi connectivity index (χ3n) is 5.58. The molecule has 0 radical (unpaired) electrons. The number of hydrogen-bond acceptors (Lipinski definition) is 2. The van der Waals surface area contributed by atoms with Gasteiger partial charge in [-0.2, -0.15) is 0 Å². The van der Waals surface area contributed by atoms with Crippen LogP contribution < -0.4 is 0 Å². The van der Waals surface area contributed by atoms with Crippen LogP contribution in [-0.4, -0.2) is 10.9 Å². The van der Waals surface area contributed by atoms with Gasteiger partial charge in [0.05, 0.1) is 5.71 Å². The molecule has 0 unspecified atom stereocenters. The van der Waals surface area contributed by atoms with Gasteiger partial charge in [0, 0.05) is 5.92 Å². The maximum atomic E-state index is 9.15. The predicted molar refractivity (Wildman–Crippen MR) is 80.6 cm³/mol. The van der Waals surface area contributed by atoms with Crippen molar-refractivity contribution in [3.63, 3.8) is 0 Å². The van der Waals surface area contributed by atoms with Crippen molar-refractivity contribution in [2.45, 2.75) is 72.1 Å². The van der Waals surface area contributed by atoms with Crippen molar-refractivity contribution in [2.75, 3.05) is 0 Å². The van der Waals surface area contributed by atoms with Gasteiger partial charge >= 0.3 is 0 Å². The van der Waals surface area contributed by atoms with Crippen molar-refractivity contribution >= 4 is 5.71 Å². The lowest BCUT2D eigenvalue weighted by Gasteiger charge is -2.33. The molecule has 2 saturated carbocycles. The van der Waals surface area contributed by atoms with Crippen molar-refractivity contribution in [3.8, 4) is 0 Å². The molecule has 0 heterocycles. The second kappa shape index (κ2) is 6.76. The van der Waals surface area contributed by atoms with Crippen LogP contribution in [0.4, 0.5) is 0 Å². The SMILES string of the molecule is CC(C)CCC[C@@H](C)[C@H]1CC[C@H]2/C(=N/O)CCC[C@H]12. The van der Waals surface area contributed by atoms with Crippen molar-refractivity contribution in [1.82, 2.24) is 0 Å². The highest BCUT2D eigenvalue weighted by Gasteiger charge is 2.42. The van der Waals surface area contributed by atoms with Crippen molar-refractivity contribution in [2.24, 2.45) is 34.7 Å². The fourth-order valence-electron chi connectivity index (χ4n) is 4.52. The van der Waals surface area contributed by atoms with E-state index in [1.54, 1.807) is 0 Å². The molecular weight excluding hydrogens is 234 g/mol. The first-order valence-electron chi connectivity index (χ1n) is 8.34. The molecule has 2 fully saturated rings. The molecule has 2 heteroatoms. The first-order chi connectivity index (χ1) is 9.13. The largest absolute Gasteiger partial charge is 0.411 e. The topological polar surface area (TPSA) is 32.6 Å². The molecule has 0 amide bonds. The molecule has 0 aromatic carbocycles. The summed E-state index contributed by atoms with van der Waals surface area (Å²) in [6.45, 7) is 7.10. The Balaban J connectivity index is 1.87. The van der Waals surface area contributed by atoms with Crippen LogP contribution in [0.2, 0.25) is 0 Å². The van der Waals surface area contributed by atoms with Crippen LogP contribution in [0.3, 0.4) is 0 Å². The molecule has 2 rings (SSSR count). The Labute approximate surface area is 118 Å². The molecule has 0 aromatic heterocycles. The van der Waals surface area contributed by atoms with Gasteiger partial charge in [-0.1, -0.05) is 45.2 Å². The molecule has 110 valence electrons. The summed E-state index contributed by atoms with van der Waals surface area (Å²) in [6.07, 6.45) is 10.4. The Morgan fingerprint density at radius 3 is 2.63 bits per heavy atom. The standard InChI is InChI=1S/C17H31NO/c1-12(2)6-4-7-13(3)14-10-11-16-15(14)8-5-9-17(16)18-19/h12-16,19H,4-11H2,1-3H3/b18-17+/t13-,14-,15-,16-/m1/s1. The lowest BCUT2D eigenvalue weighted by molar-refractivity contribution is 0.217. The van der Waals surface area contributed by atoms with Crippen LogP contribution >= 0.6 is 0 Å². The minimum atomic E-state index is 0.608. The van der Waals surface area contributed by atoms with E-state index in [0.29, 0.717) is 5.92 Å². The zero-order chi connectivity index (χ0) is 13.8. The van der Waals surface area contributed by atoms with E-state index in [9.17, 15) is 0 Å². The van der Waals surface area contributed by atoms with Crippen LogP contribution in [0.5, 0.6) is 0 Å². The Bertz CT molecular complexity index is 310. The molecule has 2 aliphatic rings. The molecule has 0 spiro atoms. The summed E-state index contributed by atoms with van der Waals surface area (Å²) in [6, 6.07) is 0. The highest BCUT2D eigenvalue weighted by Crippen LogP contribution is 2.48. The van der Waals surface area contributed by atoms with E-state index < -0.39 is 0 Å². The molecule has 19 heavy (non-hydrogen) atoms. The number of hydrogen-bond donors (Lipinski definition) is 1. The third-order valence-corrected chi connectivity index (χ3v) is 5.58. The number of rotatable bonds is 5. The van der Waals surface area contributed by atoms with Crippen LogP contribution in [0.1, 0.15) is 72.1 Å². The first-order valence-corrected chi connectivity index (χ1v) is 8.34. The van der Waals surface area contributed by atoms with Gasteiger partial charge in [0.2, 0.25) is 0 Å². The summed E-state index contributed by atoms with van der Waals surface area (Å²) in [4.78, 5) is 0. The maximum absolute atomic E-state index is 9.15. The second-order valence-corrected chi connectivity index (χ2v) is 7.30. The van der Waals surface area contributed by atoms with Gasteiger partial charge in [-0.15, -0.1) is 0 Å². The third kappa shape index (κ3) is 3.52. The van der Waals surface area contributed by atoms with E-state index in [-0.39, 0.29) is 0 Å². The average Bonchev–Trinajstić information content (AvgIpc) is 2.81. The van der Waals surface area contributed by atoms with E-state index in [0.717, 1.165) is 35.8 Å². The summed E-state index contributed by atoms with van der Waals surface area (Å²) >= 11 is 0. The quantitative estimate of drug-likeness (QED) is 0.544. The van der Waals surface area contributed by atoms with Crippen LogP contribution in [0.25, 0.3) is 0 Å². The lowest BCUT2D eigenvalue weighted by atomic mass is 9.72. The fourth-order valence-corrected chi connectivity index (χ4v) is 4.52. The number of oxime groups is 1. The zero-order valence-electron chi connectivity index (χ0n) is 12.9. The second-order valence-electron chi connectivity index (χ2n) is 7.30. The predicted octanol–water partition coefficient (Wildman–Crippen LogP) is 5.11. The first kappa shape index (κ1) is 14.9. The molecule has 2 nitrogen and oxygen atoms in total. The van der Waals surface area contributed by atoms with E-state index in [1.165, 1.54) is 44.9 Å². The molecular formula is C17H31NO. The Kier molecular flexibility index (Phi) is 5.29. The summed E-state index contributed by atoms with van der Waals surface area (Å²) < 4.78 is 0. The van der Waals surface area contributed by atoms with Crippen molar-refractivity contribution < 1.29 is 5.21 Å². The number of nitrogens with zero attached hydrogens (tertiary/aromatic N) is 1. The average molecular weight is 265 g/mol. The Morgan fingerprint density at radius 2 is 1.95 bits per heavy atom.